The van der Waals surface area contributed by atoms with Gasteiger partial charge in [-0.05, 0) is 43.2 Å². The van der Waals surface area contributed by atoms with Crippen molar-refractivity contribution in [2.24, 2.45) is 0 Å². The van der Waals surface area contributed by atoms with Crippen LogP contribution >= 0.6 is 11.3 Å². The zero-order valence-corrected chi connectivity index (χ0v) is 19.2. The maximum absolute atomic E-state index is 13.7. The fraction of sp³-hybridized carbons (Fsp3) is 0.417. The fourth-order valence-corrected chi connectivity index (χ4v) is 5.33. The van der Waals surface area contributed by atoms with Gasteiger partial charge in [-0.15, -0.1) is 0 Å². The number of hydrogen-bond acceptors (Lipinski definition) is 7. The van der Waals surface area contributed by atoms with Gasteiger partial charge in [0.2, 0.25) is 6.10 Å². The number of thiazole rings is 1. The summed E-state index contributed by atoms with van der Waals surface area (Å²) in [4.78, 5) is 22.6. The monoisotopic (exact) mass is 453 g/mol. The summed E-state index contributed by atoms with van der Waals surface area (Å²) in [6.07, 6.45) is -0.704. The number of hydrogen-bond donors (Lipinski definition) is 0. The molecule has 0 aliphatic carbocycles. The normalized spacial score (nSPS) is 18.6. The Morgan fingerprint density at radius 2 is 1.97 bits per heavy atom. The van der Waals surface area contributed by atoms with E-state index in [4.69, 9.17) is 19.2 Å². The van der Waals surface area contributed by atoms with Crippen LogP contribution in [-0.4, -0.2) is 67.9 Å². The lowest BCUT2D eigenvalue weighted by atomic mass is 10.1. The molecule has 3 aromatic rings. The highest BCUT2D eigenvalue weighted by atomic mass is 32.1. The lowest BCUT2D eigenvalue weighted by Crippen LogP contribution is -2.49. The number of amides is 1. The van der Waals surface area contributed by atoms with Gasteiger partial charge in [-0.3, -0.25) is 14.6 Å². The fourth-order valence-electron chi connectivity index (χ4n) is 4.16. The molecule has 7 nitrogen and oxygen atoms in total. The SMILES string of the molecule is Cc1cc(C)c2nc(N(CCN3CCOCC3)C(=O)C3COc4ccccc4O3)sc2c1. The number of morpholine rings is 1. The number of nitrogens with zero attached hydrogens (tertiary/aromatic N) is 3. The number of carbonyl (C=O) groups is 1. The number of para-hydroxylation sites is 2. The highest BCUT2D eigenvalue weighted by molar-refractivity contribution is 7.22. The maximum Gasteiger partial charge on any atom is 0.273 e. The van der Waals surface area contributed by atoms with Crippen LogP contribution in [0.1, 0.15) is 11.1 Å². The van der Waals surface area contributed by atoms with Crippen LogP contribution in [0.3, 0.4) is 0 Å². The summed E-state index contributed by atoms with van der Waals surface area (Å²) in [5, 5.41) is 0.703. The van der Waals surface area contributed by atoms with E-state index in [9.17, 15) is 4.79 Å². The molecule has 1 fully saturated rings. The van der Waals surface area contributed by atoms with Crippen LogP contribution in [0.25, 0.3) is 10.2 Å². The molecule has 0 spiro atoms. The van der Waals surface area contributed by atoms with Gasteiger partial charge in [0.05, 0.1) is 23.4 Å². The molecule has 168 valence electrons. The second kappa shape index (κ2) is 9.05. The van der Waals surface area contributed by atoms with E-state index in [-0.39, 0.29) is 12.5 Å². The lowest BCUT2D eigenvalue weighted by molar-refractivity contribution is -0.127. The minimum absolute atomic E-state index is 0.124. The molecule has 0 N–H and O–H groups in total. The van der Waals surface area contributed by atoms with Gasteiger partial charge in [-0.2, -0.15) is 0 Å². The first-order valence-electron chi connectivity index (χ1n) is 11.0. The highest BCUT2D eigenvalue weighted by Crippen LogP contribution is 2.34. The Balaban J connectivity index is 1.43. The van der Waals surface area contributed by atoms with E-state index in [1.54, 1.807) is 16.2 Å². The topological polar surface area (TPSA) is 64.1 Å². The lowest BCUT2D eigenvalue weighted by Gasteiger charge is -2.32. The molecule has 1 aromatic heterocycles. The van der Waals surface area contributed by atoms with Crippen molar-refractivity contribution in [2.45, 2.75) is 20.0 Å². The third-order valence-corrected chi connectivity index (χ3v) is 6.87. The van der Waals surface area contributed by atoms with Gasteiger partial charge in [0.1, 0.15) is 6.61 Å². The van der Waals surface area contributed by atoms with Gasteiger partial charge >= 0.3 is 0 Å². The number of rotatable bonds is 5. The smallest absolute Gasteiger partial charge is 0.273 e. The highest BCUT2D eigenvalue weighted by Gasteiger charge is 2.33. The number of carbonyl (C=O) groups excluding carboxylic acids is 1. The number of anilines is 1. The van der Waals surface area contributed by atoms with Gasteiger partial charge in [-0.1, -0.05) is 29.5 Å². The number of aromatic nitrogens is 1. The average Bonchev–Trinajstić information content (AvgIpc) is 3.23. The third-order valence-electron chi connectivity index (χ3n) is 5.84. The van der Waals surface area contributed by atoms with Crippen molar-refractivity contribution in [3.8, 4) is 11.5 Å². The molecule has 0 saturated carbocycles. The predicted octanol–water partition coefficient (Wildman–Crippen LogP) is 3.42. The van der Waals surface area contributed by atoms with E-state index in [1.807, 2.05) is 24.3 Å². The Hall–Kier alpha value is -2.68. The van der Waals surface area contributed by atoms with Crippen LogP contribution in [0.4, 0.5) is 5.13 Å². The largest absolute Gasteiger partial charge is 0.485 e. The van der Waals surface area contributed by atoms with E-state index in [1.165, 1.54) is 5.56 Å². The predicted molar refractivity (Wildman–Crippen MR) is 125 cm³/mol. The van der Waals surface area contributed by atoms with Gasteiger partial charge in [0.15, 0.2) is 16.6 Å². The molecule has 1 atom stereocenters. The molecule has 1 amide bonds. The first-order chi connectivity index (χ1) is 15.6. The molecule has 8 heteroatoms. The molecule has 2 aliphatic heterocycles. The Kier molecular flexibility index (Phi) is 5.99. The molecule has 1 unspecified atom stereocenters. The van der Waals surface area contributed by atoms with E-state index in [2.05, 4.69) is 30.9 Å². The van der Waals surface area contributed by atoms with E-state index < -0.39 is 6.10 Å². The summed E-state index contributed by atoms with van der Waals surface area (Å²) in [6.45, 7) is 8.82. The maximum atomic E-state index is 13.7. The van der Waals surface area contributed by atoms with Gasteiger partial charge < -0.3 is 14.2 Å². The quantitative estimate of drug-likeness (QED) is 0.590. The zero-order chi connectivity index (χ0) is 22.1. The first kappa shape index (κ1) is 21.2. The second-order valence-corrected chi connectivity index (χ2v) is 9.24. The molecule has 2 aromatic carbocycles. The summed E-state index contributed by atoms with van der Waals surface area (Å²) in [7, 11) is 0. The standard InChI is InChI=1S/C24H27N3O4S/c1-16-13-17(2)22-21(14-16)32-24(25-22)27(8-7-26-9-11-29-12-10-26)23(28)20-15-30-18-5-3-4-6-19(18)31-20/h3-6,13-14,20H,7-12,15H2,1-2H3. The number of fused-ring (bicyclic) bond motifs is 2. The molecule has 0 bridgehead atoms. The van der Waals surface area contributed by atoms with E-state index in [0.717, 1.165) is 48.6 Å². The average molecular weight is 454 g/mol. The first-order valence-corrected chi connectivity index (χ1v) is 11.8. The number of benzene rings is 2. The van der Waals surface area contributed by atoms with E-state index in [0.29, 0.717) is 23.2 Å². The summed E-state index contributed by atoms with van der Waals surface area (Å²) in [5.41, 5.74) is 3.26. The van der Waals surface area contributed by atoms with Crippen molar-refractivity contribution >= 4 is 32.6 Å². The van der Waals surface area contributed by atoms with Crippen LogP contribution in [-0.2, 0) is 9.53 Å². The van der Waals surface area contributed by atoms with Crippen molar-refractivity contribution in [1.82, 2.24) is 9.88 Å². The zero-order valence-electron chi connectivity index (χ0n) is 18.4. The Bertz CT molecular complexity index is 1130. The molecule has 2 aliphatic rings. The summed E-state index contributed by atoms with van der Waals surface area (Å²) in [5.74, 6) is 1.14. The molecule has 5 rings (SSSR count). The summed E-state index contributed by atoms with van der Waals surface area (Å²) >= 11 is 1.55. The molecular formula is C24H27N3O4S. The molecule has 0 radical (unpaired) electrons. The summed E-state index contributed by atoms with van der Waals surface area (Å²) < 4.78 is 18.4. The van der Waals surface area contributed by atoms with Crippen molar-refractivity contribution < 1.29 is 19.0 Å². The Morgan fingerprint density at radius 1 is 1.19 bits per heavy atom. The van der Waals surface area contributed by atoms with Crippen LogP contribution in [0.5, 0.6) is 11.5 Å². The van der Waals surface area contributed by atoms with Crippen LogP contribution in [0.2, 0.25) is 0 Å². The minimum Gasteiger partial charge on any atom is -0.485 e. The van der Waals surface area contributed by atoms with Gasteiger partial charge in [0, 0.05) is 26.2 Å². The van der Waals surface area contributed by atoms with Crippen molar-refractivity contribution in [3.05, 3.63) is 47.5 Å². The molecule has 32 heavy (non-hydrogen) atoms. The molecule has 3 heterocycles. The van der Waals surface area contributed by atoms with Gasteiger partial charge in [-0.25, -0.2) is 4.98 Å². The van der Waals surface area contributed by atoms with Crippen LogP contribution < -0.4 is 14.4 Å². The van der Waals surface area contributed by atoms with Crippen molar-refractivity contribution in [2.75, 3.05) is 50.9 Å². The minimum atomic E-state index is -0.704. The Labute approximate surface area is 191 Å². The van der Waals surface area contributed by atoms with Gasteiger partial charge in [0.25, 0.3) is 5.91 Å². The van der Waals surface area contributed by atoms with E-state index >= 15 is 0 Å². The second-order valence-electron chi connectivity index (χ2n) is 8.23. The number of ether oxygens (including phenoxy) is 3. The molecular weight excluding hydrogens is 426 g/mol. The number of aryl methyl sites for hydroxylation is 2. The van der Waals surface area contributed by atoms with Crippen LogP contribution in [0, 0.1) is 13.8 Å². The Morgan fingerprint density at radius 3 is 2.78 bits per heavy atom. The molecule has 1 saturated heterocycles. The van der Waals surface area contributed by atoms with Crippen LogP contribution in [0.15, 0.2) is 36.4 Å². The van der Waals surface area contributed by atoms with Crippen molar-refractivity contribution in [1.29, 1.82) is 0 Å². The summed E-state index contributed by atoms with van der Waals surface area (Å²) in [6, 6.07) is 11.7. The third kappa shape index (κ3) is 4.30. The van der Waals surface area contributed by atoms with Crippen molar-refractivity contribution in [3.63, 3.8) is 0 Å².